The van der Waals surface area contributed by atoms with Crippen LogP contribution in [0.4, 0.5) is 11.4 Å². The van der Waals surface area contributed by atoms with Crippen molar-refractivity contribution in [3.8, 4) is 0 Å². The smallest absolute Gasteiger partial charge is 0.270 e. The molecule has 9 heteroatoms. The van der Waals surface area contributed by atoms with Crippen molar-refractivity contribution in [3.05, 3.63) is 64.2 Å². The van der Waals surface area contributed by atoms with Gasteiger partial charge in [0.15, 0.2) is 0 Å². The number of sulfonamides is 1. The third-order valence-corrected chi connectivity index (χ3v) is 5.80. The molecule has 1 fully saturated rings. The predicted octanol–water partition coefficient (Wildman–Crippen LogP) is 2.37. The molecule has 2 aromatic carbocycles. The number of nitrogens with zero attached hydrogens (tertiary/aromatic N) is 3. The maximum atomic E-state index is 12.5. The summed E-state index contributed by atoms with van der Waals surface area (Å²) in [6, 6.07) is 12.3. The van der Waals surface area contributed by atoms with Gasteiger partial charge >= 0.3 is 0 Å². The number of morpholine rings is 1. The third-order valence-electron chi connectivity index (χ3n) is 3.89. The normalized spacial score (nSPS) is 16.0. The Morgan fingerprint density at radius 3 is 2.46 bits per heavy atom. The zero-order chi connectivity index (χ0) is 18.6. The van der Waals surface area contributed by atoms with Crippen molar-refractivity contribution >= 4 is 27.6 Å². The highest BCUT2D eigenvalue weighted by Crippen LogP contribution is 2.21. The molecule has 0 saturated carbocycles. The van der Waals surface area contributed by atoms with Gasteiger partial charge in [0, 0.05) is 31.4 Å². The summed E-state index contributed by atoms with van der Waals surface area (Å²) in [5.41, 5.74) is 1.13. The summed E-state index contributed by atoms with van der Waals surface area (Å²) in [4.78, 5) is 14.8. The molecule has 0 radical (unpaired) electrons. The molecule has 1 aliphatic rings. The highest BCUT2D eigenvalue weighted by Gasteiger charge is 2.25. The standard InChI is InChI=1S/C17H17N3O5S/c21-20(22)16-3-1-2-14(12-16)13-18-15-4-6-17(7-5-15)26(23,24)19-8-10-25-11-9-19/h1-7,12-13H,8-11H2. The molecule has 0 unspecified atom stereocenters. The number of nitro groups is 1. The van der Waals surface area contributed by atoms with E-state index in [0.717, 1.165) is 0 Å². The van der Waals surface area contributed by atoms with Crippen LogP contribution in [0, 0.1) is 10.1 Å². The van der Waals surface area contributed by atoms with Crippen LogP contribution in [0.1, 0.15) is 5.56 Å². The van der Waals surface area contributed by atoms with Crippen molar-refractivity contribution in [1.29, 1.82) is 0 Å². The number of benzene rings is 2. The molecule has 0 atom stereocenters. The van der Waals surface area contributed by atoms with E-state index in [9.17, 15) is 18.5 Å². The highest BCUT2D eigenvalue weighted by molar-refractivity contribution is 7.89. The van der Waals surface area contributed by atoms with E-state index in [0.29, 0.717) is 37.6 Å². The molecule has 1 saturated heterocycles. The van der Waals surface area contributed by atoms with Gasteiger partial charge in [0.05, 0.1) is 28.7 Å². The van der Waals surface area contributed by atoms with Crippen LogP contribution in [0.3, 0.4) is 0 Å². The first-order chi connectivity index (χ1) is 12.5. The van der Waals surface area contributed by atoms with Crippen LogP contribution >= 0.6 is 0 Å². The van der Waals surface area contributed by atoms with E-state index in [1.54, 1.807) is 24.3 Å². The SMILES string of the molecule is O=[N+]([O-])c1cccc(C=Nc2ccc(S(=O)(=O)N3CCOCC3)cc2)c1. The monoisotopic (exact) mass is 375 g/mol. The minimum Gasteiger partial charge on any atom is -0.379 e. The van der Waals surface area contributed by atoms with Gasteiger partial charge in [-0.15, -0.1) is 0 Å². The van der Waals surface area contributed by atoms with E-state index < -0.39 is 14.9 Å². The van der Waals surface area contributed by atoms with Crippen LogP contribution < -0.4 is 0 Å². The number of nitro benzene ring substituents is 1. The summed E-state index contributed by atoms with van der Waals surface area (Å²) in [7, 11) is -3.53. The Labute approximate surface area is 150 Å². The first-order valence-corrected chi connectivity index (χ1v) is 9.37. The fraction of sp³-hybridized carbons (Fsp3) is 0.235. The summed E-state index contributed by atoms with van der Waals surface area (Å²) in [6.45, 7) is 1.47. The summed E-state index contributed by atoms with van der Waals surface area (Å²) < 4.78 is 31.7. The van der Waals surface area contributed by atoms with Gasteiger partial charge in [-0.25, -0.2) is 8.42 Å². The molecule has 0 N–H and O–H groups in total. The molecule has 2 aromatic rings. The lowest BCUT2D eigenvalue weighted by Crippen LogP contribution is -2.40. The molecule has 0 spiro atoms. The fourth-order valence-electron chi connectivity index (χ4n) is 2.51. The Kier molecular flexibility index (Phi) is 5.40. The lowest BCUT2D eigenvalue weighted by atomic mass is 10.2. The number of ether oxygens (including phenoxy) is 1. The quantitative estimate of drug-likeness (QED) is 0.453. The summed E-state index contributed by atoms with van der Waals surface area (Å²) in [5.74, 6) is 0. The van der Waals surface area contributed by atoms with Gasteiger partial charge in [0.25, 0.3) is 5.69 Å². The van der Waals surface area contributed by atoms with Crippen LogP contribution in [0.2, 0.25) is 0 Å². The molecule has 8 nitrogen and oxygen atoms in total. The van der Waals surface area contributed by atoms with Gasteiger partial charge in [-0.1, -0.05) is 12.1 Å². The second-order valence-electron chi connectivity index (χ2n) is 5.62. The molecule has 3 rings (SSSR count). The minimum absolute atomic E-state index is 0.0131. The van der Waals surface area contributed by atoms with Crippen molar-refractivity contribution < 1.29 is 18.1 Å². The van der Waals surface area contributed by atoms with Crippen LogP contribution in [-0.4, -0.2) is 50.2 Å². The van der Waals surface area contributed by atoms with E-state index in [-0.39, 0.29) is 10.6 Å². The summed E-state index contributed by atoms with van der Waals surface area (Å²) in [6.07, 6.45) is 1.50. The van der Waals surface area contributed by atoms with E-state index in [1.807, 2.05) is 0 Å². The summed E-state index contributed by atoms with van der Waals surface area (Å²) in [5, 5.41) is 10.8. The molecule has 0 aromatic heterocycles. The van der Waals surface area contributed by atoms with Crippen LogP contribution in [0.25, 0.3) is 0 Å². The topological polar surface area (TPSA) is 102 Å². The second-order valence-corrected chi connectivity index (χ2v) is 7.56. The Bertz CT molecular complexity index is 920. The van der Waals surface area contributed by atoms with E-state index >= 15 is 0 Å². The number of aliphatic imine (C=N–C) groups is 1. The molecular weight excluding hydrogens is 358 g/mol. The zero-order valence-corrected chi connectivity index (χ0v) is 14.6. The lowest BCUT2D eigenvalue weighted by molar-refractivity contribution is -0.384. The van der Waals surface area contributed by atoms with Crippen LogP contribution in [0.5, 0.6) is 0 Å². The lowest BCUT2D eigenvalue weighted by Gasteiger charge is -2.26. The van der Waals surface area contributed by atoms with Crippen molar-refractivity contribution in [1.82, 2.24) is 4.31 Å². The van der Waals surface area contributed by atoms with Gasteiger partial charge in [-0.05, 0) is 29.8 Å². The van der Waals surface area contributed by atoms with Crippen molar-refractivity contribution in [2.24, 2.45) is 4.99 Å². The fourth-order valence-corrected chi connectivity index (χ4v) is 3.92. The molecule has 1 heterocycles. The van der Waals surface area contributed by atoms with Crippen molar-refractivity contribution in [2.45, 2.75) is 4.90 Å². The van der Waals surface area contributed by atoms with Gasteiger partial charge in [0.2, 0.25) is 10.0 Å². The molecular formula is C17H17N3O5S. The maximum Gasteiger partial charge on any atom is 0.270 e. The Morgan fingerprint density at radius 2 is 1.81 bits per heavy atom. The number of hydrogen-bond acceptors (Lipinski definition) is 6. The van der Waals surface area contributed by atoms with Gasteiger partial charge < -0.3 is 4.74 Å². The predicted molar refractivity (Wildman–Crippen MR) is 96.4 cm³/mol. The largest absolute Gasteiger partial charge is 0.379 e. The minimum atomic E-state index is -3.53. The van der Waals surface area contributed by atoms with E-state index in [4.69, 9.17) is 4.74 Å². The maximum absolute atomic E-state index is 12.5. The number of non-ortho nitro benzene ring substituents is 1. The Balaban J connectivity index is 1.75. The van der Waals surface area contributed by atoms with Crippen molar-refractivity contribution in [2.75, 3.05) is 26.3 Å². The molecule has 0 amide bonds. The Morgan fingerprint density at radius 1 is 1.12 bits per heavy atom. The van der Waals surface area contributed by atoms with E-state index in [2.05, 4.69) is 4.99 Å². The molecule has 26 heavy (non-hydrogen) atoms. The average molecular weight is 375 g/mol. The molecule has 136 valence electrons. The van der Waals surface area contributed by atoms with Gasteiger partial charge in [-0.3, -0.25) is 15.1 Å². The van der Waals surface area contributed by atoms with E-state index in [1.165, 1.54) is 34.8 Å². The van der Waals surface area contributed by atoms with Gasteiger partial charge in [0.1, 0.15) is 0 Å². The van der Waals surface area contributed by atoms with Crippen molar-refractivity contribution in [3.63, 3.8) is 0 Å². The van der Waals surface area contributed by atoms with Crippen LogP contribution in [0.15, 0.2) is 58.4 Å². The molecule has 1 aliphatic heterocycles. The molecule has 0 bridgehead atoms. The first-order valence-electron chi connectivity index (χ1n) is 7.93. The average Bonchev–Trinajstić information content (AvgIpc) is 2.67. The molecule has 0 aliphatic carbocycles. The third kappa shape index (κ3) is 4.13. The number of rotatable bonds is 5. The first kappa shape index (κ1) is 18.2. The zero-order valence-electron chi connectivity index (χ0n) is 13.8. The van der Waals surface area contributed by atoms with Gasteiger partial charge in [-0.2, -0.15) is 4.31 Å². The summed E-state index contributed by atoms with van der Waals surface area (Å²) >= 11 is 0. The Hall–Kier alpha value is -2.62. The van der Waals surface area contributed by atoms with Crippen LogP contribution in [-0.2, 0) is 14.8 Å². The number of hydrogen-bond donors (Lipinski definition) is 0. The second kappa shape index (κ2) is 7.73. The highest BCUT2D eigenvalue weighted by atomic mass is 32.2.